The van der Waals surface area contributed by atoms with Gasteiger partial charge in [0, 0.05) is 5.38 Å². The molecule has 0 radical (unpaired) electrons. The number of carbonyl (C=O) groups is 1. The van der Waals surface area contributed by atoms with Crippen LogP contribution in [-0.2, 0) is 4.79 Å². The summed E-state index contributed by atoms with van der Waals surface area (Å²) in [5, 5.41) is 10.8. The summed E-state index contributed by atoms with van der Waals surface area (Å²) < 4.78 is 0. The standard InChI is InChI=1S/C10H16N2O2S/c1-3-12(4-2)9(5-10(13)14)8-6-15-7-11-8/h6-7,9H,3-5H2,1-2H3,(H,13,14). The second-order valence-corrected chi connectivity index (χ2v) is 3.97. The van der Waals surface area contributed by atoms with Gasteiger partial charge in [0.15, 0.2) is 0 Å². The monoisotopic (exact) mass is 228 g/mol. The van der Waals surface area contributed by atoms with Gasteiger partial charge in [0.25, 0.3) is 0 Å². The van der Waals surface area contributed by atoms with Crippen molar-refractivity contribution in [2.75, 3.05) is 13.1 Å². The van der Waals surface area contributed by atoms with Crippen molar-refractivity contribution in [2.24, 2.45) is 0 Å². The summed E-state index contributed by atoms with van der Waals surface area (Å²) in [5.74, 6) is -0.778. The minimum Gasteiger partial charge on any atom is -0.481 e. The first-order chi connectivity index (χ1) is 7.19. The molecule has 4 nitrogen and oxygen atoms in total. The van der Waals surface area contributed by atoms with Gasteiger partial charge in [-0.15, -0.1) is 11.3 Å². The Morgan fingerprint density at radius 3 is 2.67 bits per heavy atom. The van der Waals surface area contributed by atoms with E-state index < -0.39 is 5.97 Å². The molecule has 1 rings (SSSR count). The van der Waals surface area contributed by atoms with Gasteiger partial charge >= 0.3 is 5.97 Å². The lowest BCUT2D eigenvalue weighted by Crippen LogP contribution is -2.30. The lowest BCUT2D eigenvalue weighted by atomic mass is 10.1. The highest BCUT2D eigenvalue weighted by Crippen LogP contribution is 2.23. The van der Waals surface area contributed by atoms with Crippen LogP contribution in [0.25, 0.3) is 0 Å². The molecule has 1 aromatic rings. The Morgan fingerprint density at radius 1 is 1.60 bits per heavy atom. The van der Waals surface area contributed by atoms with Crippen molar-refractivity contribution < 1.29 is 9.90 Å². The molecule has 0 aliphatic rings. The molecule has 0 amide bonds. The van der Waals surface area contributed by atoms with Crippen molar-refractivity contribution in [3.05, 3.63) is 16.6 Å². The van der Waals surface area contributed by atoms with E-state index in [4.69, 9.17) is 5.11 Å². The Hall–Kier alpha value is -0.940. The summed E-state index contributed by atoms with van der Waals surface area (Å²) in [6, 6.07) is -0.0938. The fourth-order valence-corrected chi connectivity index (χ4v) is 2.24. The number of carboxylic acids is 1. The molecule has 0 aliphatic carbocycles. The van der Waals surface area contributed by atoms with E-state index >= 15 is 0 Å². The topological polar surface area (TPSA) is 53.4 Å². The smallest absolute Gasteiger partial charge is 0.305 e. The molecule has 1 N–H and O–H groups in total. The van der Waals surface area contributed by atoms with Gasteiger partial charge < -0.3 is 5.11 Å². The largest absolute Gasteiger partial charge is 0.481 e. The molecule has 1 aromatic heterocycles. The number of aromatic nitrogens is 1. The number of nitrogens with zero attached hydrogens (tertiary/aromatic N) is 2. The second kappa shape index (κ2) is 5.82. The summed E-state index contributed by atoms with van der Waals surface area (Å²) in [4.78, 5) is 17.1. The van der Waals surface area contributed by atoms with Crippen molar-refractivity contribution in [3.8, 4) is 0 Å². The maximum Gasteiger partial charge on any atom is 0.305 e. The minimum atomic E-state index is -0.778. The predicted molar refractivity (Wildman–Crippen MR) is 60.0 cm³/mol. The maximum atomic E-state index is 10.8. The molecule has 1 atom stereocenters. The molecule has 0 saturated heterocycles. The minimum absolute atomic E-state index is 0.0938. The SMILES string of the molecule is CCN(CC)C(CC(=O)O)c1cscn1. The highest BCUT2D eigenvalue weighted by Gasteiger charge is 2.22. The first kappa shape index (κ1) is 12.1. The number of rotatable bonds is 6. The Kier molecular flexibility index (Phi) is 4.71. The van der Waals surface area contributed by atoms with E-state index in [0.29, 0.717) is 0 Å². The van der Waals surface area contributed by atoms with Crippen molar-refractivity contribution in [1.29, 1.82) is 0 Å². The normalized spacial score (nSPS) is 13.0. The van der Waals surface area contributed by atoms with Crippen LogP contribution in [0.2, 0.25) is 0 Å². The van der Waals surface area contributed by atoms with Crippen LogP contribution in [0.3, 0.4) is 0 Å². The molecule has 0 aromatic carbocycles. The third-order valence-corrected chi connectivity index (χ3v) is 3.02. The van der Waals surface area contributed by atoms with E-state index in [1.165, 1.54) is 11.3 Å². The van der Waals surface area contributed by atoms with Crippen molar-refractivity contribution >= 4 is 17.3 Å². The van der Waals surface area contributed by atoms with Gasteiger partial charge in [0.1, 0.15) is 0 Å². The van der Waals surface area contributed by atoms with E-state index in [2.05, 4.69) is 9.88 Å². The zero-order valence-electron chi connectivity index (χ0n) is 9.01. The van der Waals surface area contributed by atoms with E-state index in [1.54, 1.807) is 5.51 Å². The van der Waals surface area contributed by atoms with Crippen LogP contribution in [0.4, 0.5) is 0 Å². The molecule has 0 bridgehead atoms. The molecule has 0 aliphatic heterocycles. The van der Waals surface area contributed by atoms with E-state index in [0.717, 1.165) is 18.8 Å². The van der Waals surface area contributed by atoms with Gasteiger partial charge in [0.05, 0.1) is 23.7 Å². The van der Waals surface area contributed by atoms with Crippen LogP contribution in [0.15, 0.2) is 10.9 Å². The summed E-state index contributed by atoms with van der Waals surface area (Å²) in [5.41, 5.74) is 2.61. The second-order valence-electron chi connectivity index (χ2n) is 3.25. The fourth-order valence-electron chi connectivity index (χ4n) is 1.64. The van der Waals surface area contributed by atoms with E-state index in [1.807, 2.05) is 19.2 Å². The Morgan fingerprint density at radius 2 is 2.27 bits per heavy atom. The maximum absolute atomic E-state index is 10.8. The van der Waals surface area contributed by atoms with Gasteiger partial charge in [-0.3, -0.25) is 9.69 Å². The number of carboxylic acid groups (broad SMARTS) is 1. The van der Waals surface area contributed by atoms with Crippen LogP contribution >= 0.6 is 11.3 Å². The highest BCUT2D eigenvalue weighted by molar-refractivity contribution is 7.07. The summed E-state index contributed by atoms with van der Waals surface area (Å²) in [6.45, 7) is 5.74. The van der Waals surface area contributed by atoms with Crippen LogP contribution < -0.4 is 0 Å². The van der Waals surface area contributed by atoms with Crippen LogP contribution in [0.5, 0.6) is 0 Å². The number of hydrogen-bond donors (Lipinski definition) is 1. The lowest BCUT2D eigenvalue weighted by molar-refractivity contribution is -0.138. The molecule has 1 heterocycles. The van der Waals surface area contributed by atoms with Crippen LogP contribution in [-0.4, -0.2) is 34.0 Å². The van der Waals surface area contributed by atoms with Gasteiger partial charge in [0.2, 0.25) is 0 Å². The number of thiazole rings is 1. The molecule has 0 fully saturated rings. The molecular formula is C10H16N2O2S. The van der Waals surface area contributed by atoms with Crippen molar-refractivity contribution in [3.63, 3.8) is 0 Å². The van der Waals surface area contributed by atoms with Gasteiger partial charge in [-0.1, -0.05) is 13.8 Å². The van der Waals surface area contributed by atoms with E-state index in [9.17, 15) is 4.79 Å². The lowest BCUT2D eigenvalue weighted by Gasteiger charge is -2.26. The summed E-state index contributed by atoms with van der Waals surface area (Å²) in [6.07, 6.45) is 0.116. The Bertz CT molecular complexity index is 296. The van der Waals surface area contributed by atoms with Crippen molar-refractivity contribution in [2.45, 2.75) is 26.3 Å². The average molecular weight is 228 g/mol. The Labute approximate surface area is 93.6 Å². The Balaban J connectivity index is 2.82. The van der Waals surface area contributed by atoms with E-state index in [-0.39, 0.29) is 12.5 Å². The quantitative estimate of drug-likeness (QED) is 0.809. The molecule has 5 heteroatoms. The first-order valence-corrected chi connectivity index (χ1v) is 5.97. The molecule has 0 saturated carbocycles. The predicted octanol–water partition coefficient (Wildman–Crippen LogP) is 2.00. The first-order valence-electron chi connectivity index (χ1n) is 5.02. The van der Waals surface area contributed by atoms with Crippen LogP contribution in [0.1, 0.15) is 32.0 Å². The van der Waals surface area contributed by atoms with Crippen molar-refractivity contribution in [1.82, 2.24) is 9.88 Å². The van der Waals surface area contributed by atoms with Gasteiger partial charge in [-0.2, -0.15) is 0 Å². The number of hydrogen-bond acceptors (Lipinski definition) is 4. The molecular weight excluding hydrogens is 212 g/mol. The number of aliphatic carboxylic acids is 1. The molecule has 84 valence electrons. The molecule has 15 heavy (non-hydrogen) atoms. The zero-order chi connectivity index (χ0) is 11.3. The highest BCUT2D eigenvalue weighted by atomic mass is 32.1. The van der Waals surface area contributed by atoms with Gasteiger partial charge in [-0.25, -0.2) is 4.98 Å². The third kappa shape index (κ3) is 3.28. The van der Waals surface area contributed by atoms with Gasteiger partial charge in [-0.05, 0) is 13.1 Å². The zero-order valence-corrected chi connectivity index (χ0v) is 9.83. The fraction of sp³-hybridized carbons (Fsp3) is 0.600. The average Bonchev–Trinajstić information content (AvgIpc) is 2.70. The third-order valence-electron chi connectivity index (χ3n) is 2.41. The molecule has 0 spiro atoms. The summed E-state index contributed by atoms with van der Waals surface area (Å²) >= 11 is 1.50. The van der Waals surface area contributed by atoms with Crippen LogP contribution in [0, 0.1) is 0 Å². The summed E-state index contributed by atoms with van der Waals surface area (Å²) in [7, 11) is 0. The molecule has 1 unspecified atom stereocenters.